The number of nitrogens with one attached hydrogen (secondary N) is 1. The molecule has 1 aliphatic rings. The highest BCUT2D eigenvalue weighted by atomic mass is 16.4. The fourth-order valence-electron chi connectivity index (χ4n) is 2.83. The Labute approximate surface area is 125 Å². The number of para-hydroxylation sites is 1. The van der Waals surface area contributed by atoms with Crippen molar-refractivity contribution >= 4 is 17.6 Å². The summed E-state index contributed by atoms with van der Waals surface area (Å²) in [6, 6.07) is 6.32. The van der Waals surface area contributed by atoms with Crippen LogP contribution in [0.15, 0.2) is 24.3 Å². The van der Waals surface area contributed by atoms with Gasteiger partial charge in [-0.25, -0.2) is 4.79 Å². The first-order valence-electron chi connectivity index (χ1n) is 7.50. The number of amides is 1. The van der Waals surface area contributed by atoms with Crippen LogP contribution in [0.3, 0.4) is 0 Å². The number of carboxylic acids is 1. The highest BCUT2D eigenvalue weighted by Crippen LogP contribution is 2.19. The SMILES string of the molecule is CCC(C(=O)Nc1ccccc1C(=O)O)N1CCCCC1. The van der Waals surface area contributed by atoms with Crippen LogP contribution in [0.2, 0.25) is 0 Å². The van der Waals surface area contributed by atoms with Gasteiger partial charge in [0.2, 0.25) is 5.91 Å². The van der Waals surface area contributed by atoms with Gasteiger partial charge in [-0.3, -0.25) is 9.69 Å². The van der Waals surface area contributed by atoms with E-state index >= 15 is 0 Å². The molecule has 1 saturated heterocycles. The molecule has 1 heterocycles. The van der Waals surface area contributed by atoms with E-state index in [0.717, 1.165) is 32.4 Å². The summed E-state index contributed by atoms with van der Waals surface area (Å²) in [5, 5.41) is 11.9. The van der Waals surface area contributed by atoms with E-state index in [-0.39, 0.29) is 17.5 Å². The van der Waals surface area contributed by atoms with Gasteiger partial charge in [-0.05, 0) is 44.5 Å². The summed E-state index contributed by atoms with van der Waals surface area (Å²) < 4.78 is 0. The number of rotatable bonds is 5. The van der Waals surface area contributed by atoms with Gasteiger partial charge in [0.05, 0.1) is 17.3 Å². The largest absolute Gasteiger partial charge is 0.478 e. The average molecular weight is 290 g/mol. The molecular weight excluding hydrogens is 268 g/mol. The fraction of sp³-hybridized carbons (Fsp3) is 0.500. The second-order valence-electron chi connectivity index (χ2n) is 5.36. The van der Waals surface area contributed by atoms with E-state index in [0.29, 0.717) is 5.69 Å². The molecule has 0 aliphatic carbocycles. The lowest BCUT2D eigenvalue weighted by atomic mass is 10.1. The summed E-state index contributed by atoms with van der Waals surface area (Å²) in [5.74, 6) is -1.15. The third kappa shape index (κ3) is 3.82. The van der Waals surface area contributed by atoms with Crippen LogP contribution in [0.4, 0.5) is 5.69 Å². The van der Waals surface area contributed by atoms with Crippen molar-refractivity contribution in [2.45, 2.75) is 38.6 Å². The van der Waals surface area contributed by atoms with Crippen molar-refractivity contribution in [2.75, 3.05) is 18.4 Å². The third-order valence-corrected chi connectivity index (χ3v) is 3.94. The Morgan fingerprint density at radius 3 is 2.52 bits per heavy atom. The molecule has 2 N–H and O–H groups in total. The Morgan fingerprint density at radius 2 is 1.90 bits per heavy atom. The van der Waals surface area contributed by atoms with Crippen molar-refractivity contribution in [3.8, 4) is 0 Å². The van der Waals surface area contributed by atoms with Crippen LogP contribution in [-0.4, -0.2) is 41.0 Å². The van der Waals surface area contributed by atoms with Crippen molar-refractivity contribution in [1.82, 2.24) is 4.90 Å². The number of anilines is 1. The molecule has 1 amide bonds. The quantitative estimate of drug-likeness (QED) is 0.874. The Hall–Kier alpha value is -1.88. The summed E-state index contributed by atoms with van der Waals surface area (Å²) in [6.07, 6.45) is 4.18. The van der Waals surface area contributed by atoms with Gasteiger partial charge in [-0.2, -0.15) is 0 Å². The zero-order chi connectivity index (χ0) is 15.2. The van der Waals surface area contributed by atoms with E-state index in [9.17, 15) is 9.59 Å². The third-order valence-electron chi connectivity index (χ3n) is 3.94. The van der Waals surface area contributed by atoms with Crippen LogP contribution >= 0.6 is 0 Å². The molecule has 0 bridgehead atoms. The van der Waals surface area contributed by atoms with E-state index in [1.807, 2.05) is 6.92 Å². The van der Waals surface area contributed by atoms with Crippen LogP contribution in [0.25, 0.3) is 0 Å². The second-order valence-corrected chi connectivity index (χ2v) is 5.36. The van der Waals surface area contributed by atoms with Crippen molar-refractivity contribution in [2.24, 2.45) is 0 Å². The molecule has 1 unspecified atom stereocenters. The van der Waals surface area contributed by atoms with Crippen molar-refractivity contribution in [3.63, 3.8) is 0 Å². The van der Waals surface area contributed by atoms with Crippen LogP contribution in [0.5, 0.6) is 0 Å². The summed E-state index contributed by atoms with van der Waals surface area (Å²) in [6.45, 7) is 3.86. The molecule has 21 heavy (non-hydrogen) atoms. The predicted molar refractivity (Wildman–Crippen MR) is 81.5 cm³/mol. The maximum atomic E-state index is 12.5. The number of aromatic carboxylic acids is 1. The molecule has 5 heteroatoms. The number of hydrogen-bond donors (Lipinski definition) is 2. The number of nitrogens with zero attached hydrogens (tertiary/aromatic N) is 1. The molecule has 1 aliphatic heterocycles. The minimum atomic E-state index is -1.03. The summed E-state index contributed by atoms with van der Waals surface area (Å²) >= 11 is 0. The Morgan fingerprint density at radius 1 is 1.24 bits per heavy atom. The molecule has 2 rings (SSSR count). The minimum absolute atomic E-state index is 0.117. The molecule has 1 aromatic carbocycles. The lowest BCUT2D eigenvalue weighted by Crippen LogP contribution is -2.46. The van der Waals surface area contributed by atoms with E-state index < -0.39 is 5.97 Å². The molecule has 5 nitrogen and oxygen atoms in total. The van der Waals surface area contributed by atoms with Gasteiger partial charge in [0, 0.05) is 0 Å². The molecule has 114 valence electrons. The number of carbonyl (C=O) groups excluding carboxylic acids is 1. The van der Waals surface area contributed by atoms with Crippen LogP contribution < -0.4 is 5.32 Å². The number of benzene rings is 1. The first-order valence-corrected chi connectivity index (χ1v) is 7.50. The van der Waals surface area contributed by atoms with Gasteiger partial charge in [0.25, 0.3) is 0 Å². The Kier molecular flexibility index (Phi) is 5.33. The zero-order valence-electron chi connectivity index (χ0n) is 12.3. The summed E-state index contributed by atoms with van der Waals surface area (Å²) in [4.78, 5) is 25.9. The summed E-state index contributed by atoms with van der Waals surface area (Å²) in [5.41, 5.74) is 0.491. The average Bonchev–Trinajstić information content (AvgIpc) is 2.49. The first-order chi connectivity index (χ1) is 10.1. The van der Waals surface area contributed by atoms with E-state index in [4.69, 9.17) is 5.11 Å². The van der Waals surface area contributed by atoms with Crippen LogP contribution in [0, 0.1) is 0 Å². The molecular formula is C16H22N2O3. The van der Waals surface area contributed by atoms with Crippen LogP contribution in [0.1, 0.15) is 43.0 Å². The predicted octanol–water partition coefficient (Wildman–Crippen LogP) is 2.59. The van der Waals surface area contributed by atoms with Gasteiger partial charge < -0.3 is 10.4 Å². The standard InChI is InChI=1S/C16H22N2O3/c1-2-14(18-10-6-3-7-11-18)15(19)17-13-9-5-4-8-12(13)16(20)21/h4-5,8-9,14H,2-3,6-7,10-11H2,1H3,(H,17,19)(H,20,21). The maximum Gasteiger partial charge on any atom is 0.337 e. The van der Waals surface area contributed by atoms with Gasteiger partial charge in [0.1, 0.15) is 0 Å². The normalized spacial score (nSPS) is 17.2. The van der Waals surface area contributed by atoms with Crippen molar-refractivity contribution in [1.29, 1.82) is 0 Å². The van der Waals surface area contributed by atoms with Gasteiger partial charge in [0.15, 0.2) is 0 Å². The molecule has 0 spiro atoms. The monoisotopic (exact) mass is 290 g/mol. The van der Waals surface area contributed by atoms with E-state index in [1.54, 1.807) is 18.2 Å². The molecule has 0 saturated carbocycles. The number of hydrogen-bond acceptors (Lipinski definition) is 3. The topological polar surface area (TPSA) is 69.6 Å². The molecule has 0 aromatic heterocycles. The number of carbonyl (C=O) groups is 2. The highest BCUT2D eigenvalue weighted by Gasteiger charge is 2.26. The van der Waals surface area contributed by atoms with Crippen molar-refractivity contribution < 1.29 is 14.7 Å². The second kappa shape index (κ2) is 7.22. The summed E-state index contributed by atoms with van der Waals surface area (Å²) in [7, 11) is 0. The molecule has 1 aromatic rings. The first kappa shape index (κ1) is 15.5. The Balaban J connectivity index is 2.10. The number of carboxylic acid groups (broad SMARTS) is 1. The number of piperidine rings is 1. The van der Waals surface area contributed by atoms with Gasteiger partial charge in [-0.15, -0.1) is 0 Å². The minimum Gasteiger partial charge on any atom is -0.478 e. The van der Waals surface area contributed by atoms with E-state index in [1.165, 1.54) is 12.5 Å². The molecule has 1 fully saturated rings. The fourth-order valence-corrected chi connectivity index (χ4v) is 2.83. The maximum absolute atomic E-state index is 12.5. The number of likely N-dealkylation sites (tertiary alicyclic amines) is 1. The lowest BCUT2D eigenvalue weighted by Gasteiger charge is -2.33. The highest BCUT2D eigenvalue weighted by molar-refractivity contribution is 6.02. The zero-order valence-corrected chi connectivity index (χ0v) is 12.3. The van der Waals surface area contributed by atoms with Crippen molar-refractivity contribution in [3.05, 3.63) is 29.8 Å². The lowest BCUT2D eigenvalue weighted by molar-refractivity contribution is -0.121. The smallest absolute Gasteiger partial charge is 0.337 e. The molecule has 0 radical (unpaired) electrons. The van der Waals surface area contributed by atoms with E-state index in [2.05, 4.69) is 10.2 Å². The Bertz CT molecular complexity index is 510. The van der Waals surface area contributed by atoms with Gasteiger partial charge in [-0.1, -0.05) is 25.5 Å². The van der Waals surface area contributed by atoms with Gasteiger partial charge >= 0.3 is 5.97 Å². The van der Waals surface area contributed by atoms with Crippen LogP contribution in [-0.2, 0) is 4.79 Å². The molecule has 1 atom stereocenters.